The van der Waals surface area contributed by atoms with Crippen molar-refractivity contribution in [2.24, 2.45) is 29.6 Å². The first-order chi connectivity index (χ1) is 8.73. The zero-order chi connectivity index (χ0) is 14.0. The van der Waals surface area contributed by atoms with Gasteiger partial charge in [0.2, 0.25) is 0 Å². The lowest BCUT2D eigenvalue weighted by Crippen LogP contribution is -2.57. The van der Waals surface area contributed by atoms with Gasteiger partial charge in [0.1, 0.15) is 0 Å². The predicted octanol–water partition coefficient (Wildman–Crippen LogP) is 2.51. The van der Waals surface area contributed by atoms with Gasteiger partial charge in [-0.1, -0.05) is 12.2 Å². The lowest BCUT2D eigenvalue weighted by Gasteiger charge is -2.46. The predicted molar refractivity (Wildman–Crippen MR) is 63.1 cm³/mol. The molecule has 5 heteroatoms. The first-order valence-electron chi connectivity index (χ1n) is 6.89. The molecular weight excluding hydrogens is 257 g/mol. The zero-order valence-electron chi connectivity index (χ0n) is 10.8. The van der Waals surface area contributed by atoms with Gasteiger partial charge in [0, 0.05) is 5.92 Å². The summed E-state index contributed by atoms with van der Waals surface area (Å²) >= 11 is 0. The Balaban J connectivity index is 1.85. The van der Waals surface area contributed by atoms with Gasteiger partial charge in [0.15, 0.2) is 5.60 Å². The third-order valence-corrected chi connectivity index (χ3v) is 5.60. The van der Waals surface area contributed by atoms with Gasteiger partial charge >= 0.3 is 6.18 Å². The number of fused-ring (bicyclic) bond motifs is 5. The minimum absolute atomic E-state index is 0.109. The zero-order valence-corrected chi connectivity index (χ0v) is 10.8. The highest BCUT2D eigenvalue weighted by atomic mass is 19.4. The Hall–Kier alpha value is -0.550. The second-order valence-electron chi connectivity index (χ2n) is 6.51. The van der Waals surface area contributed by atoms with E-state index in [1.807, 2.05) is 6.08 Å². The molecule has 108 valence electrons. The summed E-state index contributed by atoms with van der Waals surface area (Å²) in [5, 5.41) is 20.2. The van der Waals surface area contributed by atoms with Gasteiger partial charge in [0.05, 0.1) is 6.10 Å². The maximum atomic E-state index is 12.9. The highest BCUT2D eigenvalue weighted by Gasteiger charge is 2.61. The van der Waals surface area contributed by atoms with Crippen LogP contribution in [0.2, 0.25) is 0 Å². The van der Waals surface area contributed by atoms with Crippen LogP contribution in [0.25, 0.3) is 0 Å². The Morgan fingerprint density at radius 2 is 1.74 bits per heavy atom. The van der Waals surface area contributed by atoms with Crippen molar-refractivity contribution in [1.29, 1.82) is 0 Å². The molecule has 2 nitrogen and oxygen atoms in total. The fraction of sp³-hybridized carbons (Fsp3) is 0.857. The molecule has 0 aromatic rings. The maximum Gasteiger partial charge on any atom is 0.417 e. The molecule has 7 unspecified atom stereocenters. The Kier molecular flexibility index (Phi) is 2.81. The number of aliphatic hydroxyl groups excluding tert-OH is 1. The summed E-state index contributed by atoms with van der Waals surface area (Å²) in [6.07, 6.45) is 0.276. The van der Waals surface area contributed by atoms with Crippen LogP contribution >= 0.6 is 0 Å². The van der Waals surface area contributed by atoms with E-state index >= 15 is 0 Å². The Morgan fingerprint density at radius 3 is 2.37 bits per heavy atom. The van der Waals surface area contributed by atoms with Crippen molar-refractivity contribution >= 4 is 0 Å². The SMILES string of the molecule is CC(O)(C1CCC2C3C=CC(C3)C2C1O)C(F)(F)F. The molecule has 0 spiro atoms. The molecule has 2 N–H and O–H groups in total. The number of allylic oxidation sites excluding steroid dienone is 2. The van der Waals surface area contributed by atoms with E-state index in [4.69, 9.17) is 0 Å². The second-order valence-corrected chi connectivity index (χ2v) is 6.51. The van der Waals surface area contributed by atoms with Crippen LogP contribution < -0.4 is 0 Å². The average molecular weight is 276 g/mol. The standard InChI is InChI=1S/C14H19F3O2/c1-13(19,14(15,16)17)10-5-4-9-7-2-3-8(6-7)11(9)12(10)18/h2-3,7-12,18-19H,4-6H2,1H3. The van der Waals surface area contributed by atoms with Crippen molar-refractivity contribution < 1.29 is 23.4 Å². The molecule has 0 aromatic heterocycles. The number of alkyl halides is 3. The molecule has 0 saturated heterocycles. The number of hydrogen-bond donors (Lipinski definition) is 2. The van der Waals surface area contributed by atoms with E-state index in [1.54, 1.807) is 0 Å². The van der Waals surface area contributed by atoms with Crippen molar-refractivity contribution in [3.63, 3.8) is 0 Å². The maximum absolute atomic E-state index is 12.9. The second kappa shape index (κ2) is 3.98. The smallest absolute Gasteiger partial charge is 0.392 e. The summed E-state index contributed by atoms with van der Waals surface area (Å²) in [6, 6.07) is 0. The van der Waals surface area contributed by atoms with Crippen molar-refractivity contribution in [2.75, 3.05) is 0 Å². The van der Waals surface area contributed by atoms with Crippen LogP contribution in [0.1, 0.15) is 26.2 Å². The van der Waals surface area contributed by atoms with E-state index < -0.39 is 23.8 Å². The Bertz CT molecular complexity index is 402. The molecule has 0 heterocycles. The summed E-state index contributed by atoms with van der Waals surface area (Å²) in [5.74, 6) is -0.312. The number of halogens is 3. The molecular formula is C14H19F3O2. The van der Waals surface area contributed by atoms with Crippen LogP contribution in [0.5, 0.6) is 0 Å². The number of hydrogen-bond acceptors (Lipinski definition) is 2. The van der Waals surface area contributed by atoms with Crippen molar-refractivity contribution in [3.05, 3.63) is 12.2 Å². The van der Waals surface area contributed by atoms with Gasteiger partial charge in [0.25, 0.3) is 0 Å². The third kappa shape index (κ3) is 1.77. The molecule has 3 aliphatic rings. The Morgan fingerprint density at radius 1 is 1.11 bits per heavy atom. The highest BCUT2D eigenvalue weighted by Crippen LogP contribution is 2.57. The van der Waals surface area contributed by atoms with Crippen LogP contribution in [0.3, 0.4) is 0 Å². The topological polar surface area (TPSA) is 40.5 Å². The number of rotatable bonds is 1. The van der Waals surface area contributed by atoms with Crippen molar-refractivity contribution in [1.82, 2.24) is 0 Å². The van der Waals surface area contributed by atoms with Crippen LogP contribution in [0.15, 0.2) is 12.2 Å². The fourth-order valence-electron chi connectivity index (χ4n) is 4.51. The van der Waals surface area contributed by atoms with Crippen LogP contribution in [-0.4, -0.2) is 28.1 Å². The highest BCUT2D eigenvalue weighted by molar-refractivity contribution is 5.17. The summed E-state index contributed by atoms with van der Waals surface area (Å²) < 4.78 is 38.8. The average Bonchev–Trinajstić information content (AvgIpc) is 2.88. The lowest BCUT2D eigenvalue weighted by atomic mass is 9.63. The summed E-state index contributed by atoms with van der Waals surface area (Å²) in [5.41, 5.74) is -2.80. The van der Waals surface area contributed by atoms with Gasteiger partial charge in [-0.2, -0.15) is 13.2 Å². The first-order valence-corrected chi connectivity index (χ1v) is 6.89. The molecule has 3 aliphatic carbocycles. The third-order valence-electron chi connectivity index (χ3n) is 5.60. The molecule has 2 saturated carbocycles. The molecule has 2 bridgehead atoms. The van der Waals surface area contributed by atoms with E-state index in [0.717, 1.165) is 13.3 Å². The van der Waals surface area contributed by atoms with E-state index in [0.29, 0.717) is 18.3 Å². The molecule has 19 heavy (non-hydrogen) atoms. The van der Waals surface area contributed by atoms with Gasteiger partial charge in [-0.15, -0.1) is 0 Å². The first kappa shape index (κ1) is 13.4. The molecule has 7 atom stereocenters. The minimum atomic E-state index is -4.70. The van der Waals surface area contributed by atoms with Crippen molar-refractivity contribution in [3.8, 4) is 0 Å². The molecule has 0 aromatic carbocycles. The lowest BCUT2D eigenvalue weighted by molar-refractivity contribution is -0.289. The molecule has 0 radical (unpaired) electrons. The van der Waals surface area contributed by atoms with Crippen LogP contribution in [0.4, 0.5) is 13.2 Å². The van der Waals surface area contributed by atoms with Crippen molar-refractivity contribution in [2.45, 2.75) is 44.1 Å². The normalized spacial score (nSPS) is 48.1. The van der Waals surface area contributed by atoms with E-state index in [9.17, 15) is 23.4 Å². The largest absolute Gasteiger partial charge is 0.417 e. The van der Waals surface area contributed by atoms with Gasteiger partial charge in [-0.05, 0) is 49.9 Å². The summed E-state index contributed by atoms with van der Waals surface area (Å²) in [7, 11) is 0. The summed E-state index contributed by atoms with van der Waals surface area (Å²) in [4.78, 5) is 0. The minimum Gasteiger partial charge on any atom is -0.392 e. The van der Waals surface area contributed by atoms with Gasteiger partial charge in [-0.3, -0.25) is 0 Å². The van der Waals surface area contributed by atoms with Gasteiger partial charge in [-0.25, -0.2) is 0 Å². The molecule has 2 fully saturated rings. The molecule has 3 rings (SSSR count). The van der Waals surface area contributed by atoms with E-state index in [2.05, 4.69) is 6.08 Å². The molecule has 0 aliphatic heterocycles. The fourth-order valence-corrected chi connectivity index (χ4v) is 4.51. The van der Waals surface area contributed by atoms with Crippen LogP contribution in [-0.2, 0) is 0 Å². The quantitative estimate of drug-likeness (QED) is 0.722. The van der Waals surface area contributed by atoms with Crippen LogP contribution in [0, 0.1) is 29.6 Å². The Labute approximate surface area is 110 Å². The van der Waals surface area contributed by atoms with E-state index in [-0.39, 0.29) is 18.3 Å². The number of aliphatic hydroxyl groups is 2. The van der Waals surface area contributed by atoms with E-state index in [1.165, 1.54) is 0 Å². The molecule has 0 amide bonds. The van der Waals surface area contributed by atoms with Gasteiger partial charge < -0.3 is 10.2 Å². The summed E-state index contributed by atoms with van der Waals surface area (Å²) in [6.45, 7) is 0.796. The monoisotopic (exact) mass is 276 g/mol.